The van der Waals surface area contributed by atoms with Gasteiger partial charge in [-0.2, -0.15) is 10.2 Å². The summed E-state index contributed by atoms with van der Waals surface area (Å²) in [5.74, 6) is 5.49. The highest BCUT2D eigenvalue weighted by Gasteiger charge is 2.00. The summed E-state index contributed by atoms with van der Waals surface area (Å²) in [5.41, 5.74) is 6.00. The second kappa shape index (κ2) is 8.90. The van der Waals surface area contributed by atoms with E-state index >= 15 is 0 Å². The third kappa shape index (κ3) is 4.62. The Morgan fingerprint density at radius 2 is 1.31 bits per heavy atom. The molecule has 8 nitrogen and oxygen atoms in total. The zero-order valence-electron chi connectivity index (χ0n) is 13.8. The summed E-state index contributed by atoms with van der Waals surface area (Å²) < 4.78 is 0. The molecule has 0 atom stereocenters. The molecule has 8 heteroatoms. The van der Waals surface area contributed by atoms with E-state index in [1.54, 1.807) is 12.4 Å². The molecule has 0 unspecified atom stereocenters. The Labute approximate surface area is 150 Å². The van der Waals surface area contributed by atoms with Gasteiger partial charge in [0.15, 0.2) is 0 Å². The fourth-order valence-corrected chi connectivity index (χ4v) is 2.11. The number of aromatic nitrogens is 6. The molecule has 128 valence electrons. The van der Waals surface area contributed by atoms with Crippen LogP contribution < -0.4 is 11.3 Å². The maximum atomic E-state index is 5.18. The van der Waals surface area contributed by atoms with Gasteiger partial charge in [0.05, 0.1) is 23.8 Å². The lowest BCUT2D eigenvalue weighted by Gasteiger charge is -2.00. The van der Waals surface area contributed by atoms with Crippen molar-refractivity contribution in [2.45, 2.75) is 0 Å². The van der Waals surface area contributed by atoms with Gasteiger partial charge in [-0.1, -0.05) is 60.7 Å². The van der Waals surface area contributed by atoms with Crippen LogP contribution in [0.2, 0.25) is 0 Å². The van der Waals surface area contributed by atoms with E-state index in [4.69, 9.17) is 5.84 Å². The fraction of sp³-hybridized carbons (Fsp3) is 0. The van der Waals surface area contributed by atoms with Crippen molar-refractivity contribution in [2.24, 2.45) is 5.84 Å². The number of anilines is 1. The average Bonchev–Trinajstić information content (AvgIpc) is 2.76. The van der Waals surface area contributed by atoms with Crippen LogP contribution in [0.25, 0.3) is 22.5 Å². The Kier molecular flexibility index (Phi) is 5.84. The van der Waals surface area contributed by atoms with Crippen LogP contribution in [0.15, 0.2) is 79.4 Å². The van der Waals surface area contributed by atoms with Gasteiger partial charge in [-0.25, -0.2) is 15.8 Å². The second-order valence-electron chi connectivity index (χ2n) is 5.03. The van der Waals surface area contributed by atoms with E-state index in [1.165, 1.54) is 6.33 Å². The van der Waals surface area contributed by atoms with Crippen molar-refractivity contribution >= 4 is 5.95 Å². The molecule has 2 aromatic carbocycles. The minimum Gasteiger partial charge on any atom is -0.291 e. The van der Waals surface area contributed by atoms with Gasteiger partial charge < -0.3 is 0 Å². The molecule has 0 saturated carbocycles. The molecule has 0 saturated heterocycles. The van der Waals surface area contributed by atoms with Crippen LogP contribution in [-0.2, 0) is 0 Å². The number of nitrogen functional groups attached to an aromatic ring is 1. The van der Waals surface area contributed by atoms with E-state index in [-0.39, 0.29) is 0 Å². The summed E-state index contributed by atoms with van der Waals surface area (Å²) in [5, 5.41) is 14.8. The van der Waals surface area contributed by atoms with Gasteiger partial charge >= 0.3 is 0 Å². The molecule has 0 aliphatic rings. The number of benzene rings is 2. The molecule has 4 rings (SSSR count). The number of hydrogen-bond acceptors (Lipinski definition) is 8. The number of nitrogens with zero attached hydrogens (tertiary/aromatic N) is 6. The van der Waals surface area contributed by atoms with E-state index in [9.17, 15) is 0 Å². The van der Waals surface area contributed by atoms with Crippen LogP contribution in [0.1, 0.15) is 0 Å². The zero-order valence-corrected chi connectivity index (χ0v) is 13.8. The topological polar surface area (TPSA) is 115 Å². The largest absolute Gasteiger partial charge is 0.291 e. The third-order valence-electron chi connectivity index (χ3n) is 3.32. The molecule has 0 fully saturated rings. The minimum absolute atomic E-state index is 0.311. The van der Waals surface area contributed by atoms with Crippen molar-refractivity contribution < 1.29 is 0 Å². The molecular weight excluding hydrogens is 328 g/mol. The molecule has 0 aliphatic carbocycles. The minimum atomic E-state index is 0.311. The molecule has 3 N–H and O–H groups in total. The molecule has 0 spiro atoms. The summed E-state index contributed by atoms with van der Waals surface area (Å²) in [6, 6.07) is 19.6. The quantitative estimate of drug-likeness (QED) is 0.430. The van der Waals surface area contributed by atoms with Gasteiger partial charge in [0.25, 0.3) is 5.95 Å². The fourth-order valence-electron chi connectivity index (χ4n) is 2.11. The van der Waals surface area contributed by atoms with Crippen molar-refractivity contribution in [2.75, 3.05) is 5.43 Å². The predicted molar refractivity (Wildman–Crippen MR) is 98.3 cm³/mol. The molecule has 26 heavy (non-hydrogen) atoms. The van der Waals surface area contributed by atoms with E-state index in [2.05, 4.69) is 35.8 Å². The van der Waals surface area contributed by atoms with Crippen LogP contribution in [-0.4, -0.2) is 30.4 Å². The Balaban J connectivity index is 0.000000152. The number of nitrogens with two attached hydrogens (primary N) is 1. The van der Waals surface area contributed by atoms with Gasteiger partial charge in [0, 0.05) is 11.1 Å². The average molecular weight is 344 g/mol. The summed E-state index contributed by atoms with van der Waals surface area (Å²) in [7, 11) is 0. The highest BCUT2D eigenvalue weighted by Crippen LogP contribution is 2.15. The molecule has 0 radical (unpaired) electrons. The molecule has 2 heterocycles. The maximum Gasteiger partial charge on any atom is 0.257 e. The van der Waals surface area contributed by atoms with Crippen LogP contribution in [0.5, 0.6) is 0 Å². The first-order valence-corrected chi connectivity index (χ1v) is 7.76. The molecule has 0 amide bonds. The lowest BCUT2D eigenvalue weighted by Crippen LogP contribution is -2.11. The Hall–Kier alpha value is -3.78. The SMILES string of the molecule is NNc1nncc(-c2ccccc2)n1.c1ccc(-c2cnncn2)cc1. The van der Waals surface area contributed by atoms with E-state index in [0.717, 1.165) is 22.5 Å². The van der Waals surface area contributed by atoms with Crippen LogP contribution in [0, 0.1) is 0 Å². The monoisotopic (exact) mass is 344 g/mol. The first-order valence-electron chi connectivity index (χ1n) is 7.76. The summed E-state index contributed by atoms with van der Waals surface area (Å²) in [4.78, 5) is 8.23. The van der Waals surface area contributed by atoms with Crippen molar-refractivity contribution in [1.82, 2.24) is 30.4 Å². The van der Waals surface area contributed by atoms with Crippen molar-refractivity contribution in [3.8, 4) is 22.5 Å². The van der Waals surface area contributed by atoms with Crippen molar-refractivity contribution in [1.29, 1.82) is 0 Å². The number of hydrazine groups is 1. The van der Waals surface area contributed by atoms with Gasteiger partial charge in [-0.15, -0.1) is 10.2 Å². The molecule has 4 aromatic rings. The summed E-state index contributed by atoms with van der Waals surface area (Å²) >= 11 is 0. The molecule has 0 aliphatic heterocycles. The maximum absolute atomic E-state index is 5.18. The lowest BCUT2D eigenvalue weighted by atomic mass is 10.2. The highest BCUT2D eigenvalue weighted by molar-refractivity contribution is 5.58. The normalized spacial score (nSPS) is 9.73. The molecule has 2 aromatic heterocycles. The number of rotatable bonds is 3. The number of nitrogens with one attached hydrogen (secondary N) is 1. The van der Waals surface area contributed by atoms with Gasteiger partial charge in [0.2, 0.25) is 0 Å². The Morgan fingerprint density at radius 1 is 0.692 bits per heavy atom. The van der Waals surface area contributed by atoms with Crippen LogP contribution in [0.3, 0.4) is 0 Å². The molecular formula is C18H16N8. The first kappa shape index (κ1) is 17.1. The Bertz CT molecular complexity index is 880. The second-order valence-corrected chi connectivity index (χ2v) is 5.03. The number of hydrogen-bond donors (Lipinski definition) is 2. The van der Waals surface area contributed by atoms with Crippen molar-refractivity contribution in [3.63, 3.8) is 0 Å². The standard InChI is InChI=1S/C9H9N5.C9H7N3/c10-13-9-12-8(6-11-14-9)7-4-2-1-3-5-7;1-2-4-8(5-3-1)9-6-11-12-7-10-9/h1-6H,10H2,(H,12,13,14);1-7H. The van der Waals surface area contributed by atoms with Gasteiger partial charge in [-0.05, 0) is 0 Å². The smallest absolute Gasteiger partial charge is 0.257 e. The lowest BCUT2D eigenvalue weighted by molar-refractivity contribution is 0.966. The van der Waals surface area contributed by atoms with Crippen LogP contribution >= 0.6 is 0 Å². The van der Waals surface area contributed by atoms with Gasteiger partial charge in [-0.3, -0.25) is 5.43 Å². The summed E-state index contributed by atoms with van der Waals surface area (Å²) in [6.45, 7) is 0. The summed E-state index contributed by atoms with van der Waals surface area (Å²) in [6.07, 6.45) is 4.69. The zero-order chi connectivity index (χ0) is 18.0. The highest BCUT2D eigenvalue weighted by atomic mass is 15.3. The van der Waals surface area contributed by atoms with E-state index in [0.29, 0.717) is 5.95 Å². The van der Waals surface area contributed by atoms with E-state index < -0.39 is 0 Å². The Morgan fingerprint density at radius 3 is 1.88 bits per heavy atom. The third-order valence-corrected chi connectivity index (χ3v) is 3.32. The predicted octanol–water partition coefficient (Wildman–Crippen LogP) is 2.36. The first-order chi connectivity index (χ1) is 12.9. The van der Waals surface area contributed by atoms with Gasteiger partial charge in [0.1, 0.15) is 6.33 Å². The van der Waals surface area contributed by atoms with Crippen molar-refractivity contribution in [3.05, 3.63) is 79.4 Å². The van der Waals surface area contributed by atoms with E-state index in [1.807, 2.05) is 60.7 Å². The van der Waals surface area contributed by atoms with Crippen LogP contribution in [0.4, 0.5) is 5.95 Å². The molecule has 0 bridgehead atoms.